The maximum absolute atomic E-state index is 12.1. The van der Waals surface area contributed by atoms with Crippen LogP contribution >= 0.6 is 0 Å². The predicted octanol–water partition coefficient (Wildman–Crippen LogP) is 2.65. The Balaban J connectivity index is 1.80. The summed E-state index contributed by atoms with van der Waals surface area (Å²) >= 11 is 0. The first-order chi connectivity index (χ1) is 11.0. The SMILES string of the molecule is CCn1nc(N=NC2=C(O)OC3(CCCCC3)OC2=O)cc1O. The average molecular weight is 322 g/mol. The molecule has 0 amide bonds. The third-order valence-electron chi connectivity index (χ3n) is 3.87. The summed E-state index contributed by atoms with van der Waals surface area (Å²) in [7, 11) is 0. The van der Waals surface area contributed by atoms with E-state index >= 15 is 0 Å². The van der Waals surface area contributed by atoms with Crippen LogP contribution in [-0.2, 0) is 20.8 Å². The van der Waals surface area contributed by atoms with Crippen molar-refractivity contribution >= 4 is 11.8 Å². The second kappa shape index (κ2) is 5.90. The first-order valence-corrected chi connectivity index (χ1v) is 7.57. The molecule has 0 bridgehead atoms. The minimum Gasteiger partial charge on any atom is -0.493 e. The number of carbonyl (C=O) groups excluding carboxylic acids is 1. The van der Waals surface area contributed by atoms with E-state index in [9.17, 15) is 15.0 Å². The lowest BCUT2D eigenvalue weighted by atomic mass is 9.93. The van der Waals surface area contributed by atoms with E-state index in [1.165, 1.54) is 10.7 Å². The van der Waals surface area contributed by atoms with Gasteiger partial charge in [0.15, 0.2) is 5.82 Å². The van der Waals surface area contributed by atoms with E-state index in [-0.39, 0.29) is 11.7 Å². The van der Waals surface area contributed by atoms with Crippen molar-refractivity contribution in [1.82, 2.24) is 9.78 Å². The third kappa shape index (κ3) is 2.99. The topological polar surface area (TPSA) is 119 Å². The Morgan fingerprint density at radius 2 is 2.00 bits per heavy atom. The van der Waals surface area contributed by atoms with E-state index in [0.717, 1.165) is 19.3 Å². The number of nitrogens with zero attached hydrogens (tertiary/aromatic N) is 4. The molecule has 0 aromatic carbocycles. The molecule has 1 saturated carbocycles. The lowest BCUT2D eigenvalue weighted by Crippen LogP contribution is -2.43. The predicted molar refractivity (Wildman–Crippen MR) is 76.7 cm³/mol. The normalized spacial score (nSPS) is 20.8. The molecule has 23 heavy (non-hydrogen) atoms. The molecule has 1 spiro atoms. The van der Waals surface area contributed by atoms with Crippen molar-refractivity contribution in [3.05, 3.63) is 17.7 Å². The number of hydrogen-bond donors (Lipinski definition) is 2. The molecule has 0 atom stereocenters. The van der Waals surface area contributed by atoms with Crippen LogP contribution in [0.15, 0.2) is 27.9 Å². The van der Waals surface area contributed by atoms with Gasteiger partial charge in [0.2, 0.25) is 5.88 Å². The van der Waals surface area contributed by atoms with Crippen LogP contribution in [0.4, 0.5) is 5.82 Å². The first-order valence-electron chi connectivity index (χ1n) is 7.57. The number of carbonyl (C=O) groups is 1. The minimum absolute atomic E-state index is 0.0664. The molecule has 0 saturated heterocycles. The fourth-order valence-corrected chi connectivity index (χ4v) is 2.70. The average Bonchev–Trinajstić information content (AvgIpc) is 2.87. The molecule has 9 heteroatoms. The number of rotatable bonds is 3. The number of ether oxygens (including phenoxy) is 2. The Morgan fingerprint density at radius 3 is 2.61 bits per heavy atom. The Hall–Kier alpha value is -2.58. The summed E-state index contributed by atoms with van der Waals surface area (Å²) in [6, 6.07) is 1.29. The molecule has 0 radical (unpaired) electrons. The summed E-state index contributed by atoms with van der Waals surface area (Å²) in [4.78, 5) is 12.1. The van der Waals surface area contributed by atoms with Gasteiger partial charge in [0.1, 0.15) is 0 Å². The van der Waals surface area contributed by atoms with E-state index in [4.69, 9.17) is 9.47 Å². The molecule has 3 rings (SSSR count). The number of azo groups is 1. The zero-order valence-corrected chi connectivity index (χ0v) is 12.7. The molecule has 1 fully saturated rings. The summed E-state index contributed by atoms with van der Waals surface area (Å²) in [5.74, 6) is -2.41. The van der Waals surface area contributed by atoms with Gasteiger partial charge in [0, 0.05) is 25.5 Å². The summed E-state index contributed by atoms with van der Waals surface area (Å²) in [5, 5.41) is 30.9. The molecule has 2 heterocycles. The third-order valence-corrected chi connectivity index (χ3v) is 3.87. The number of esters is 1. The van der Waals surface area contributed by atoms with Gasteiger partial charge >= 0.3 is 11.9 Å². The zero-order chi connectivity index (χ0) is 16.4. The molecular formula is C14H18N4O5. The summed E-state index contributed by atoms with van der Waals surface area (Å²) < 4.78 is 12.0. The molecule has 0 unspecified atom stereocenters. The number of aliphatic hydroxyl groups excluding tert-OH is 1. The van der Waals surface area contributed by atoms with Crippen LogP contribution < -0.4 is 0 Å². The van der Waals surface area contributed by atoms with Crippen LogP contribution in [0, 0.1) is 0 Å². The Bertz CT molecular complexity index is 673. The molecule has 1 aromatic rings. The fourth-order valence-electron chi connectivity index (χ4n) is 2.70. The number of aromatic hydroxyl groups is 1. The second-order valence-corrected chi connectivity index (χ2v) is 5.49. The van der Waals surface area contributed by atoms with Crippen LogP contribution in [0.25, 0.3) is 0 Å². The molecule has 1 aromatic heterocycles. The summed E-state index contributed by atoms with van der Waals surface area (Å²) in [6.07, 6.45) is 3.86. The van der Waals surface area contributed by atoms with E-state index in [1.807, 2.05) is 0 Å². The van der Waals surface area contributed by atoms with E-state index in [1.54, 1.807) is 6.92 Å². The molecule has 9 nitrogen and oxygen atoms in total. The van der Waals surface area contributed by atoms with Gasteiger partial charge in [-0.3, -0.25) is 0 Å². The Kier molecular flexibility index (Phi) is 3.93. The minimum atomic E-state index is -1.08. The van der Waals surface area contributed by atoms with Gasteiger partial charge in [0.05, 0.1) is 0 Å². The molecule has 124 valence electrons. The molecule has 1 aliphatic heterocycles. The highest BCUT2D eigenvalue weighted by atomic mass is 16.8. The van der Waals surface area contributed by atoms with Gasteiger partial charge in [0.25, 0.3) is 11.5 Å². The second-order valence-electron chi connectivity index (χ2n) is 5.49. The Labute approximate surface area is 132 Å². The molecule has 2 aliphatic rings. The Morgan fingerprint density at radius 1 is 1.26 bits per heavy atom. The van der Waals surface area contributed by atoms with Crippen LogP contribution in [-0.4, -0.2) is 31.7 Å². The van der Waals surface area contributed by atoms with Crippen molar-refractivity contribution in [2.75, 3.05) is 0 Å². The first kappa shape index (κ1) is 15.3. The summed E-state index contributed by atoms with van der Waals surface area (Å²) in [5.41, 5.74) is -0.410. The lowest BCUT2D eigenvalue weighted by molar-refractivity contribution is -0.249. The van der Waals surface area contributed by atoms with Crippen molar-refractivity contribution in [3.8, 4) is 5.88 Å². The zero-order valence-electron chi connectivity index (χ0n) is 12.7. The highest BCUT2D eigenvalue weighted by Crippen LogP contribution is 2.38. The van der Waals surface area contributed by atoms with Gasteiger partial charge in [-0.25, -0.2) is 9.48 Å². The van der Waals surface area contributed by atoms with Crippen LogP contribution in [0.1, 0.15) is 39.0 Å². The van der Waals surface area contributed by atoms with Crippen molar-refractivity contribution in [2.45, 2.75) is 51.4 Å². The van der Waals surface area contributed by atoms with Gasteiger partial charge in [-0.1, -0.05) is 6.42 Å². The quantitative estimate of drug-likeness (QED) is 0.652. The number of aliphatic hydroxyl groups is 1. The van der Waals surface area contributed by atoms with E-state index in [0.29, 0.717) is 19.4 Å². The van der Waals surface area contributed by atoms with Gasteiger partial charge in [-0.15, -0.1) is 15.3 Å². The van der Waals surface area contributed by atoms with Crippen molar-refractivity contribution in [2.24, 2.45) is 10.2 Å². The maximum atomic E-state index is 12.1. The molecule has 1 aliphatic carbocycles. The summed E-state index contributed by atoms with van der Waals surface area (Å²) in [6.45, 7) is 2.26. The number of aromatic nitrogens is 2. The highest BCUT2D eigenvalue weighted by molar-refractivity contribution is 5.89. The van der Waals surface area contributed by atoms with Crippen LogP contribution in [0.5, 0.6) is 5.88 Å². The fraction of sp³-hybridized carbons (Fsp3) is 0.571. The van der Waals surface area contributed by atoms with Gasteiger partial charge in [-0.2, -0.15) is 0 Å². The van der Waals surface area contributed by atoms with Gasteiger partial charge in [-0.05, 0) is 19.8 Å². The maximum Gasteiger partial charge on any atom is 0.369 e. The van der Waals surface area contributed by atoms with Crippen molar-refractivity contribution < 1.29 is 24.5 Å². The van der Waals surface area contributed by atoms with Gasteiger partial charge < -0.3 is 19.7 Å². The molecular weight excluding hydrogens is 304 g/mol. The smallest absolute Gasteiger partial charge is 0.369 e. The molecule has 2 N–H and O–H groups in total. The highest BCUT2D eigenvalue weighted by Gasteiger charge is 2.45. The van der Waals surface area contributed by atoms with Crippen molar-refractivity contribution in [1.29, 1.82) is 0 Å². The number of aryl methyl sites for hydroxylation is 1. The van der Waals surface area contributed by atoms with Crippen LogP contribution in [0.2, 0.25) is 0 Å². The van der Waals surface area contributed by atoms with E-state index < -0.39 is 23.4 Å². The number of hydrogen-bond acceptors (Lipinski definition) is 8. The lowest BCUT2D eigenvalue weighted by Gasteiger charge is -2.38. The standard InChI is InChI=1S/C14H18N4O5/c1-2-18-10(19)8-9(17-18)15-16-11-12(20)22-14(23-13(11)21)6-4-3-5-7-14/h8,19-20H,2-7H2,1H3. The van der Waals surface area contributed by atoms with E-state index in [2.05, 4.69) is 15.3 Å². The monoisotopic (exact) mass is 322 g/mol. The largest absolute Gasteiger partial charge is 0.493 e. The van der Waals surface area contributed by atoms with Crippen molar-refractivity contribution in [3.63, 3.8) is 0 Å². The van der Waals surface area contributed by atoms with Crippen LogP contribution in [0.3, 0.4) is 0 Å².